The highest BCUT2D eigenvalue weighted by molar-refractivity contribution is 9.10. The van der Waals surface area contributed by atoms with Crippen LogP contribution in [0.5, 0.6) is 0 Å². The van der Waals surface area contributed by atoms with Crippen molar-refractivity contribution in [1.29, 1.82) is 0 Å². The molecule has 6 aliphatic rings. The first-order chi connectivity index (χ1) is 11.1. The van der Waals surface area contributed by atoms with Crippen LogP contribution < -0.4 is 0 Å². The molecule has 0 spiro atoms. The third kappa shape index (κ3) is 1.53. The minimum atomic E-state index is -3.64. The van der Waals surface area contributed by atoms with Gasteiger partial charge in [0.05, 0.1) is 11.0 Å². The molecule has 6 fully saturated rings. The van der Waals surface area contributed by atoms with E-state index in [1.54, 1.807) is 24.3 Å². The highest BCUT2D eigenvalue weighted by atomic mass is 79.9. The average Bonchev–Trinajstić information content (AvgIpc) is 3.28. The summed E-state index contributed by atoms with van der Waals surface area (Å²) in [6.07, 6.45) is 3.75. The fourth-order valence-corrected chi connectivity index (χ4v) is 9.15. The second-order valence-electron chi connectivity index (χ2n) is 8.23. The Balaban J connectivity index is 1.29. The summed E-state index contributed by atoms with van der Waals surface area (Å²) in [5.41, 5.74) is 0. The summed E-state index contributed by atoms with van der Waals surface area (Å²) >= 11 is 3.35. The van der Waals surface area contributed by atoms with Crippen LogP contribution >= 0.6 is 15.9 Å². The van der Waals surface area contributed by atoms with Crippen molar-refractivity contribution in [1.82, 2.24) is 0 Å². The molecule has 6 aliphatic carbocycles. The standard InChI is InChI=1S/C18H19BrO3S/c19-8-1-3-9(4-2-8)23(20,21)22-13-7-12-15-10-5-6-11-14(10)17(12)18(13)16(11)15/h1-4,10-18H,5-7H2/t10-,11-,12-,13-,14-,15+,16+,17-,18+/m0/s1. The quantitative estimate of drug-likeness (QED) is 0.734. The lowest BCUT2D eigenvalue weighted by molar-refractivity contribution is 0.0471. The van der Waals surface area contributed by atoms with Gasteiger partial charge in [-0.05, 0) is 90.9 Å². The molecule has 6 saturated carbocycles. The highest BCUT2D eigenvalue weighted by Gasteiger charge is 2.79. The molecule has 122 valence electrons. The van der Waals surface area contributed by atoms with Crippen molar-refractivity contribution in [2.24, 2.45) is 47.3 Å². The van der Waals surface area contributed by atoms with Gasteiger partial charge in [-0.15, -0.1) is 0 Å². The number of benzene rings is 1. The van der Waals surface area contributed by atoms with Crippen LogP contribution in [0.1, 0.15) is 19.3 Å². The summed E-state index contributed by atoms with van der Waals surface area (Å²) in [5.74, 6) is 6.59. The molecule has 0 radical (unpaired) electrons. The monoisotopic (exact) mass is 394 g/mol. The average molecular weight is 395 g/mol. The Bertz CT molecular complexity index is 781. The lowest BCUT2D eigenvalue weighted by Gasteiger charge is -2.38. The van der Waals surface area contributed by atoms with Crippen LogP contribution in [0, 0.1) is 47.3 Å². The predicted octanol–water partition coefficient (Wildman–Crippen LogP) is 3.69. The molecule has 23 heavy (non-hydrogen) atoms. The van der Waals surface area contributed by atoms with Gasteiger partial charge in [0.25, 0.3) is 10.1 Å². The minimum Gasteiger partial charge on any atom is -0.263 e. The third-order valence-corrected chi connectivity index (χ3v) is 9.74. The van der Waals surface area contributed by atoms with E-state index in [0.717, 1.165) is 52.3 Å². The van der Waals surface area contributed by atoms with E-state index in [1.165, 1.54) is 12.8 Å². The zero-order valence-electron chi connectivity index (χ0n) is 12.6. The van der Waals surface area contributed by atoms with Crippen LogP contribution in [-0.2, 0) is 14.3 Å². The molecule has 1 aromatic carbocycles. The summed E-state index contributed by atoms with van der Waals surface area (Å²) in [6.45, 7) is 0. The molecular formula is C18H19BrO3S. The van der Waals surface area contributed by atoms with E-state index in [2.05, 4.69) is 15.9 Å². The fraction of sp³-hybridized carbons (Fsp3) is 0.667. The van der Waals surface area contributed by atoms with Gasteiger partial charge in [-0.1, -0.05) is 15.9 Å². The maximum atomic E-state index is 12.6. The molecule has 0 amide bonds. The van der Waals surface area contributed by atoms with Crippen molar-refractivity contribution in [3.05, 3.63) is 28.7 Å². The van der Waals surface area contributed by atoms with Gasteiger partial charge in [0.1, 0.15) is 0 Å². The maximum absolute atomic E-state index is 12.6. The van der Waals surface area contributed by atoms with Gasteiger partial charge in [0.15, 0.2) is 0 Å². The van der Waals surface area contributed by atoms with Crippen molar-refractivity contribution in [2.45, 2.75) is 30.3 Å². The van der Waals surface area contributed by atoms with Gasteiger partial charge in [-0.3, -0.25) is 4.18 Å². The van der Waals surface area contributed by atoms with E-state index in [1.807, 2.05) is 0 Å². The number of hydrogen-bond donors (Lipinski definition) is 0. The van der Waals surface area contributed by atoms with E-state index >= 15 is 0 Å². The molecular weight excluding hydrogens is 376 g/mol. The van der Waals surface area contributed by atoms with Crippen LogP contribution in [0.25, 0.3) is 0 Å². The molecule has 9 atom stereocenters. The van der Waals surface area contributed by atoms with Crippen molar-refractivity contribution in [3.8, 4) is 0 Å². The van der Waals surface area contributed by atoms with Crippen LogP contribution in [-0.4, -0.2) is 14.5 Å². The van der Waals surface area contributed by atoms with Gasteiger partial charge >= 0.3 is 0 Å². The summed E-state index contributed by atoms with van der Waals surface area (Å²) in [6, 6.07) is 6.77. The molecule has 3 nitrogen and oxygen atoms in total. The van der Waals surface area contributed by atoms with Crippen molar-refractivity contribution in [3.63, 3.8) is 0 Å². The highest BCUT2D eigenvalue weighted by Crippen LogP contribution is 2.82. The van der Waals surface area contributed by atoms with Crippen molar-refractivity contribution < 1.29 is 12.6 Å². The minimum absolute atomic E-state index is 0.0635. The Morgan fingerprint density at radius 2 is 1.48 bits per heavy atom. The van der Waals surface area contributed by atoms with E-state index in [-0.39, 0.29) is 11.0 Å². The molecule has 1 aromatic rings. The first-order valence-corrected chi connectivity index (χ1v) is 11.0. The smallest absolute Gasteiger partial charge is 0.263 e. The van der Waals surface area contributed by atoms with Gasteiger partial charge in [0.2, 0.25) is 0 Å². The Morgan fingerprint density at radius 1 is 0.870 bits per heavy atom. The predicted molar refractivity (Wildman–Crippen MR) is 88.0 cm³/mol. The third-order valence-electron chi connectivity index (χ3n) is 7.86. The fourth-order valence-electron chi connectivity index (χ4n) is 7.77. The van der Waals surface area contributed by atoms with E-state index in [4.69, 9.17) is 4.18 Å². The molecule has 0 unspecified atom stereocenters. The normalized spacial score (nSPS) is 51.3. The summed E-state index contributed by atoms with van der Waals surface area (Å²) in [4.78, 5) is 0.280. The van der Waals surface area contributed by atoms with Crippen LogP contribution in [0.3, 0.4) is 0 Å². The second-order valence-corrected chi connectivity index (χ2v) is 10.7. The molecule has 0 N–H and O–H groups in total. The lowest BCUT2D eigenvalue weighted by atomic mass is 9.70. The molecule has 5 heteroatoms. The zero-order chi connectivity index (χ0) is 15.5. The van der Waals surface area contributed by atoms with Crippen LogP contribution in [0.15, 0.2) is 33.6 Å². The van der Waals surface area contributed by atoms with Crippen LogP contribution in [0.4, 0.5) is 0 Å². The molecule has 0 heterocycles. The second kappa shape index (κ2) is 4.23. The summed E-state index contributed by atoms with van der Waals surface area (Å²) in [5, 5.41) is 0. The van der Waals surface area contributed by atoms with E-state index in [0.29, 0.717) is 5.92 Å². The maximum Gasteiger partial charge on any atom is 0.297 e. The molecule has 0 saturated heterocycles. The summed E-state index contributed by atoms with van der Waals surface area (Å²) < 4.78 is 31.9. The molecule has 0 aliphatic heterocycles. The van der Waals surface area contributed by atoms with E-state index < -0.39 is 10.1 Å². The Kier molecular flexibility index (Phi) is 2.54. The Morgan fingerprint density at radius 3 is 2.22 bits per heavy atom. The van der Waals surface area contributed by atoms with E-state index in [9.17, 15) is 8.42 Å². The number of rotatable bonds is 3. The molecule has 7 rings (SSSR count). The first-order valence-electron chi connectivity index (χ1n) is 8.75. The van der Waals surface area contributed by atoms with Gasteiger partial charge in [0, 0.05) is 4.47 Å². The lowest BCUT2D eigenvalue weighted by Crippen LogP contribution is -2.37. The SMILES string of the molecule is O=S(=O)(O[C@H]1C[C@H]2[C@H]3[C@H]4CC[C@H]5[C@H]4[C@H]2[C@H]1[C@H]53)c1ccc(Br)cc1. The molecule has 0 aromatic heterocycles. The Labute approximate surface area is 145 Å². The van der Waals surface area contributed by atoms with Crippen molar-refractivity contribution in [2.75, 3.05) is 0 Å². The van der Waals surface area contributed by atoms with Crippen molar-refractivity contribution >= 4 is 26.0 Å². The van der Waals surface area contributed by atoms with Crippen LogP contribution in [0.2, 0.25) is 0 Å². The largest absolute Gasteiger partial charge is 0.297 e. The topological polar surface area (TPSA) is 43.4 Å². The van der Waals surface area contributed by atoms with Gasteiger partial charge < -0.3 is 0 Å². The number of hydrogen-bond acceptors (Lipinski definition) is 3. The van der Waals surface area contributed by atoms with Gasteiger partial charge in [-0.2, -0.15) is 8.42 Å². The molecule has 8 bridgehead atoms. The summed E-state index contributed by atoms with van der Waals surface area (Å²) in [7, 11) is -3.64. The first kappa shape index (κ1) is 13.9. The zero-order valence-corrected chi connectivity index (χ0v) is 15.0. The van der Waals surface area contributed by atoms with Gasteiger partial charge in [-0.25, -0.2) is 0 Å². The Hall–Kier alpha value is -0.390. The number of halogens is 1.